The molecule has 2 nitrogen and oxygen atoms in total. The summed E-state index contributed by atoms with van der Waals surface area (Å²) in [4.78, 5) is 6.92. The van der Waals surface area contributed by atoms with Crippen LogP contribution in [-0.4, -0.2) is 0 Å². The van der Waals surface area contributed by atoms with Gasteiger partial charge in [0.1, 0.15) is 0 Å². The van der Waals surface area contributed by atoms with Crippen LogP contribution in [0, 0.1) is 6.92 Å². The molecule has 0 fully saturated rings. The van der Waals surface area contributed by atoms with Gasteiger partial charge in [-0.15, -0.1) is 22.7 Å². The Labute approximate surface area is 414 Å². The van der Waals surface area contributed by atoms with Gasteiger partial charge in [0.2, 0.25) is 0 Å². The lowest BCUT2D eigenvalue weighted by atomic mass is 9.62. The Morgan fingerprint density at radius 3 is 1.65 bits per heavy atom. The maximum Gasteiger partial charge on any atom is 0.0689 e. The SMILES string of the molecule is Cc1cc2c3c(c1)N(c1cccc4sc5ccc(C(C)(C)C)cc5c14)c1c(sc4ccc(C(C)(C)C)cc14)C3c1cc3c(cc1N2c1ccc2c(c1)C(C)(C)CCC2(C)C)C(C)(C)CCC3(C)C. The molecule has 1 atom stereocenters. The number of nitrogens with zero attached hydrogens (tertiary/aromatic N) is 2. The molecule has 348 valence electrons. The van der Waals surface area contributed by atoms with Crippen LogP contribution in [0.25, 0.3) is 30.3 Å². The molecule has 6 aromatic carbocycles. The average molecular weight is 931 g/mol. The second-order valence-corrected chi connectivity index (χ2v) is 28.2. The van der Waals surface area contributed by atoms with Crippen LogP contribution >= 0.6 is 22.7 Å². The van der Waals surface area contributed by atoms with Gasteiger partial charge in [0.15, 0.2) is 0 Å². The minimum absolute atomic E-state index is 0.00511. The van der Waals surface area contributed by atoms with E-state index in [0.717, 1.165) is 0 Å². The molecule has 0 bridgehead atoms. The molecule has 0 N–H and O–H groups in total. The Morgan fingerprint density at radius 2 is 1.03 bits per heavy atom. The van der Waals surface area contributed by atoms with Crippen molar-refractivity contribution in [2.24, 2.45) is 0 Å². The number of benzene rings is 6. The summed E-state index contributed by atoms with van der Waals surface area (Å²) in [5.74, 6) is 0.0682. The van der Waals surface area contributed by atoms with Crippen molar-refractivity contribution >= 4 is 87.1 Å². The van der Waals surface area contributed by atoms with E-state index in [1.165, 1.54) is 145 Å². The summed E-state index contributed by atoms with van der Waals surface area (Å²) < 4.78 is 4.05. The molecule has 0 saturated heterocycles. The topological polar surface area (TPSA) is 6.48 Å². The van der Waals surface area contributed by atoms with Crippen LogP contribution in [0.5, 0.6) is 0 Å². The van der Waals surface area contributed by atoms with Crippen LogP contribution in [-0.2, 0) is 32.5 Å². The van der Waals surface area contributed by atoms with E-state index >= 15 is 0 Å². The number of fused-ring (bicyclic) bond motifs is 11. The third-order valence-electron chi connectivity index (χ3n) is 17.3. The second-order valence-electron chi connectivity index (χ2n) is 26.0. The van der Waals surface area contributed by atoms with E-state index in [1.807, 2.05) is 22.7 Å². The minimum Gasteiger partial charge on any atom is -0.310 e. The van der Waals surface area contributed by atoms with Gasteiger partial charge >= 0.3 is 0 Å². The van der Waals surface area contributed by atoms with Crippen LogP contribution in [0.3, 0.4) is 0 Å². The first-order valence-electron chi connectivity index (χ1n) is 25.5. The van der Waals surface area contributed by atoms with E-state index in [0.29, 0.717) is 0 Å². The van der Waals surface area contributed by atoms with E-state index < -0.39 is 0 Å². The molecule has 12 rings (SSSR count). The first kappa shape index (κ1) is 44.3. The lowest BCUT2D eigenvalue weighted by Gasteiger charge is -2.48. The molecule has 4 heterocycles. The van der Waals surface area contributed by atoms with E-state index in [4.69, 9.17) is 0 Å². The largest absolute Gasteiger partial charge is 0.310 e. The van der Waals surface area contributed by atoms with Crippen LogP contribution in [0.15, 0.2) is 97.1 Å². The molecular weight excluding hydrogens is 861 g/mol. The fourth-order valence-corrected chi connectivity index (χ4v) is 15.3. The molecule has 0 amide bonds. The smallest absolute Gasteiger partial charge is 0.0689 e. The molecule has 2 aliphatic heterocycles. The Balaban J connectivity index is 1.23. The van der Waals surface area contributed by atoms with Crippen molar-refractivity contribution < 1.29 is 0 Å². The van der Waals surface area contributed by atoms with Gasteiger partial charge in [0.05, 0.1) is 34.4 Å². The standard InChI is InChI=1S/C64H70N2S2/c1-36-29-49-56-50(30-36)66(47-17-16-18-53-54(47)41-31-37(59(2,3)4)19-23-51(41)67-53)57-42-32-38(60(5,6)7)20-24-52(42)68-58(57)55(56)40-34-45-46(64(14,15)28-27-63(45,12)13)35-48(40)65(49)39-21-22-43-44(33-39)62(10,11)26-25-61(43,8)9/h16-24,29-35,55H,25-28H2,1-15H3. The molecule has 2 aliphatic carbocycles. The van der Waals surface area contributed by atoms with Gasteiger partial charge in [-0.05, 0) is 176 Å². The van der Waals surface area contributed by atoms with Gasteiger partial charge < -0.3 is 9.80 Å². The lowest BCUT2D eigenvalue weighted by molar-refractivity contribution is 0.331. The average Bonchev–Trinajstić information content (AvgIpc) is 3.84. The summed E-state index contributed by atoms with van der Waals surface area (Å²) in [7, 11) is 0. The van der Waals surface area contributed by atoms with Crippen molar-refractivity contribution in [2.75, 3.05) is 9.80 Å². The van der Waals surface area contributed by atoms with E-state index in [-0.39, 0.29) is 38.4 Å². The zero-order valence-corrected chi connectivity index (χ0v) is 45.0. The normalized spacial score (nSPS) is 19.7. The van der Waals surface area contributed by atoms with Crippen molar-refractivity contribution in [1.29, 1.82) is 0 Å². The van der Waals surface area contributed by atoms with Gasteiger partial charge in [-0.2, -0.15) is 0 Å². The molecule has 1 unspecified atom stereocenters. The minimum atomic E-state index is 0.00511. The van der Waals surface area contributed by atoms with Crippen LogP contribution in [0.4, 0.5) is 34.1 Å². The fourth-order valence-electron chi connectivity index (χ4n) is 12.8. The first-order valence-corrected chi connectivity index (χ1v) is 27.1. The summed E-state index contributed by atoms with van der Waals surface area (Å²) in [5, 5.41) is 4.08. The number of rotatable bonds is 2. The highest BCUT2D eigenvalue weighted by molar-refractivity contribution is 7.26. The summed E-state index contributed by atoms with van der Waals surface area (Å²) in [5.41, 5.74) is 21.2. The number of hydrogen-bond acceptors (Lipinski definition) is 4. The summed E-state index contributed by atoms with van der Waals surface area (Å²) in [6.07, 6.45) is 4.76. The van der Waals surface area contributed by atoms with E-state index in [1.54, 1.807) is 0 Å². The van der Waals surface area contributed by atoms with Crippen molar-refractivity contribution in [3.63, 3.8) is 0 Å². The number of aryl methyl sites for hydroxylation is 1. The Kier molecular flexibility index (Phi) is 9.21. The highest BCUT2D eigenvalue weighted by atomic mass is 32.1. The Hall–Kier alpha value is -4.90. The summed E-state index contributed by atoms with van der Waals surface area (Å²) in [6.45, 7) is 36.3. The molecule has 4 heteroatoms. The zero-order chi connectivity index (χ0) is 48.0. The van der Waals surface area contributed by atoms with Gasteiger partial charge in [-0.25, -0.2) is 0 Å². The Morgan fingerprint density at radius 1 is 0.485 bits per heavy atom. The quantitative estimate of drug-likeness (QED) is 0.170. The molecule has 4 aliphatic rings. The third kappa shape index (κ3) is 6.37. The molecule has 68 heavy (non-hydrogen) atoms. The van der Waals surface area contributed by atoms with Gasteiger partial charge in [0.25, 0.3) is 0 Å². The summed E-state index contributed by atoms with van der Waals surface area (Å²) in [6, 6.07) is 39.8. The first-order chi connectivity index (χ1) is 31.8. The highest BCUT2D eigenvalue weighted by Gasteiger charge is 2.47. The second kappa shape index (κ2) is 14.1. The van der Waals surface area contributed by atoms with Gasteiger partial charge in [-0.3, -0.25) is 0 Å². The zero-order valence-electron chi connectivity index (χ0n) is 43.4. The fraction of sp³-hybridized carbons (Fsp3) is 0.406. The molecule has 0 saturated carbocycles. The molecule has 2 aromatic heterocycles. The monoisotopic (exact) mass is 930 g/mol. The maximum atomic E-state index is 2.74. The molecule has 0 spiro atoms. The molecule has 0 radical (unpaired) electrons. The van der Waals surface area contributed by atoms with Crippen molar-refractivity contribution in [1.82, 2.24) is 0 Å². The molecule has 8 aromatic rings. The lowest BCUT2D eigenvalue weighted by Crippen LogP contribution is -2.36. The predicted octanol–water partition coefficient (Wildman–Crippen LogP) is 19.6. The highest BCUT2D eigenvalue weighted by Crippen LogP contribution is 2.66. The summed E-state index contributed by atoms with van der Waals surface area (Å²) >= 11 is 3.97. The van der Waals surface area contributed by atoms with Crippen molar-refractivity contribution in [3.05, 3.63) is 152 Å². The maximum absolute atomic E-state index is 2.74. The van der Waals surface area contributed by atoms with Crippen molar-refractivity contribution in [2.45, 2.75) is 168 Å². The number of anilines is 6. The third-order valence-corrected chi connectivity index (χ3v) is 19.7. The number of thiophene rings is 2. The van der Waals surface area contributed by atoms with E-state index in [2.05, 4.69) is 211 Å². The predicted molar refractivity (Wildman–Crippen MR) is 298 cm³/mol. The van der Waals surface area contributed by atoms with Gasteiger partial charge in [0, 0.05) is 46.4 Å². The van der Waals surface area contributed by atoms with Crippen LogP contribution in [0.2, 0.25) is 0 Å². The van der Waals surface area contributed by atoms with E-state index in [9.17, 15) is 0 Å². The molecular formula is C64H70N2S2. The van der Waals surface area contributed by atoms with Crippen LogP contribution < -0.4 is 9.80 Å². The van der Waals surface area contributed by atoms with Crippen molar-refractivity contribution in [3.8, 4) is 0 Å². The van der Waals surface area contributed by atoms with Gasteiger partial charge in [-0.1, -0.05) is 127 Å². The van der Waals surface area contributed by atoms with Crippen LogP contribution in [0.1, 0.15) is 183 Å². The number of hydrogen-bond donors (Lipinski definition) is 0. The Bertz CT molecular complexity index is 3460.